The highest BCUT2D eigenvalue weighted by molar-refractivity contribution is 6.30. The number of aromatic nitrogens is 2. The summed E-state index contributed by atoms with van der Waals surface area (Å²) in [5.74, 6) is 1.00. The lowest BCUT2D eigenvalue weighted by atomic mass is 10.1. The molecule has 1 aromatic rings. The summed E-state index contributed by atoms with van der Waals surface area (Å²) >= 11 is 5.96. The van der Waals surface area contributed by atoms with Gasteiger partial charge in [0, 0.05) is 18.7 Å². The lowest BCUT2D eigenvalue weighted by Crippen LogP contribution is -2.30. The quantitative estimate of drug-likeness (QED) is 0.669. The third kappa shape index (κ3) is 1.82. The summed E-state index contributed by atoms with van der Waals surface area (Å²) in [6, 6.07) is 0. The Hall–Kier alpha value is -0.830. The van der Waals surface area contributed by atoms with E-state index in [1.807, 2.05) is 6.92 Å². The highest BCUT2D eigenvalue weighted by atomic mass is 35.5. The molecule has 2 rings (SSSR count). The first-order valence-electron chi connectivity index (χ1n) is 5.01. The summed E-state index contributed by atoms with van der Waals surface area (Å²) < 4.78 is 0. The molecule has 76 valence electrons. The Morgan fingerprint density at radius 2 is 1.93 bits per heavy atom. The van der Waals surface area contributed by atoms with Crippen molar-refractivity contribution >= 4 is 17.4 Å². The molecule has 0 bridgehead atoms. The number of anilines is 1. The normalized spacial score (nSPS) is 17.1. The van der Waals surface area contributed by atoms with Crippen molar-refractivity contribution in [2.24, 2.45) is 0 Å². The second kappa shape index (κ2) is 4.13. The van der Waals surface area contributed by atoms with Crippen LogP contribution in [-0.2, 0) is 0 Å². The molecule has 0 unspecified atom stereocenters. The van der Waals surface area contributed by atoms with Crippen LogP contribution in [-0.4, -0.2) is 23.1 Å². The summed E-state index contributed by atoms with van der Waals surface area (Å²) in [6.07, 6.45) is 5.37. The second-order valence-corrected chi connectivity index (χ2v) is 4.02. The molecule has 0 saturated carbocycles. The molecule has 1 fully saturated rings. The maximum absolute atomic E-state index is 5.96. The largest absolute Gasteiger partial charge is 0.356 e. The Balaban J connectivity index is 2.26. The van der Waals surface area contributed by atoms with E-state index in [9.17, 15) is 0 Å². The molecule has 14 heavy (non-hydrogen) atoms. The second-order valence-electron chi connectivity index (χ2n) is 3.66. The maximum Gasteiger partial charge on any atom is 0.137 e. The van der Waals surface area contributed by atoms with E-state index in [0.29, 0.717) is 5.15 Å². The number of hydrogen-bond acceptors (Lipinski definition) is 3. The molecule has 0 atom stereocenters. The van der Waals surface area contributed by atoms with Crippen LogP contribution >= 0.6 is 11.6 Å². The molecule has 0 amide bonds. The monoisotopic (exact) mass is 211 g/mol. The third-order valence-corrected chi connectivity index (χ3v) is 3.03. The van der Waals surface area contributed by atoms with Crippen molar-refractivity contribution in [3.63, 3.8) is 0 Å². The van der Waals surface area contributed by atoms with E-state index in [2.05, 4.69) is 14.9 Å². The minimum absolute atomic E-state index is 0.570. The molecule has 1 saturated heterocycles. The first-order valence-corrected chi connectivity index (χ1v) is 5.39. The van der Waals surface area contributed by atoms with E-state index in [0.717, 1.165) is 24.5 Å². The Bertz CT molecular complexity index is 321. The Labute approximate surface area is 89.1 Å². The van der Waals surface area contributed by atoms with Crippen LogP contribution in [0, 0.1) is 6.92 Å². The van der Waals surface area contributed by atoms with Crippen LogP contribution in [0.1, 0.15) is 24.8 Å². The van der Waals surface area contributed by atoms with Crippen LogP contribution in [0.4, 0.5) is 5.82 Å². The average molecular weight is 212 g/mol. The van der Waals surface area contributed by atoms with E-state index in [1.165, 1.54) is 19.3 Å². The van der Waals surface area contributed by atoms with Gasteiger partial charge in [-0.15, -0.1) is 0 Å². The average Bonchev–Trinajstić information content (AvgIpc) is 2.23. The van der Waals surface area contributed by atoms with E-state index in [1.54, 1.807) is 6.33 Å². The van der Waals surface area contributed by atoms with Gasteiger partial charge in [-0.1, -0.05) is 11.6 Å². The minimum atomic E-state index is 0.570. The van der Waals surface area contributed by atoms with Crippen molar-refractivity contribution in [3.05, 3.63) is 17.0 Å². The first kappa shape index (κ1) is 9.71. The van der Waals surface area contributed by atoms with Gasteiger partial charge in [-0.3, -0.25) is 0 Å². The minimum Gasteiger partial charge on any atom is -0.356 e. The summed E-state index contributed by atoms with van der Waals surface area (Å²) in [5, 5.41) is 0.570. The molecule has 0 spiro atoms. The Kier molecular flexibility index (Phi) is 2.87. The molecule has 0 N–H and O–H groups in total. The van der Waals surface area contributed by atoms with Crippen molar-refractivity contribution in [1.29, 1.82) is 0 Å². The maximum atomic E-state index is 5.96. The SMILES string of the molecule is Cc1c(Cl)ncnc1N1CCCCC1. The van der Waals surface area contributed by atoms with Gasteiger partial charge in [0.25, 0.3) is 0 Å². The fourth-order valence-electron chi connectivity index (χ4n) is 1.84. The molecule has 2 heterocycles. The van der Waals surface area contributed by atoms with Gasteiger partial charge >= 0.3 is 0 Å². The van der Waals surface area contributed by atoms with Crippen molar-refractivity contribution in [2.75, 3.05) is 18.0 Å². The number of nitrogens with zero attached hydrogens (tertiary/aromatic N) is 3. The van der Waals surface area contributed by atoms with Crippen LogP contribution in [0.2, 0.25) is 5.15 Å². The molecular weight excluding hydrogens is 198 g/mol. The lowest BCUT2D eigenvalue weighted by Gasteiger charge is -2.28. The molecule has 3 nitrogen and oxygen atoms in total. The van der Waals surface area contributed by atoms with Gasteiger partial charge in [0.1, 0.15) is 17.3 Å². The first-order chi connectivity index (χ1) is 6.79. The molecule has 0 aromatic carbocycles. The van der Waals surface area contributed by atoms with Crippen LogP contribution in [0.15, 0.2) is 6.33 Å². The van der Waals surface area contributed by atoms with Crippen LogP contribution in [0.3, 0.4) is 0 Å². The molecule has 0 aliphatic carbocycles. The fraction of sp³-hybridized carbons (Fsp3) is 0.600. The third-order valence-electron chi connectivity index (χ3n) is 2.65. The fourth-order valence-corrected chi connectivity index (χ4v) is 1.97. The van der Waals surface area contributed by atoms with E-state index < -0.39 is 0 Å². The molecule has 0 radical (unpaired) electrons. The van der Waals surface area contributed by atoms with Crippen molar-refractivity contribution in [1.82, 2.24) is 9.97 Å². The Morgan fingerprint density at radius 3 is 2.64 bits per heavy atom. The molecular formula is C10H14ClN3. The summed E-state index contributed by atoms with van der Waals surface area (Å²) in [4.78, 5) is 10.6. The number of rotatable bonds is 1. The molecule has 1 aliphatic rings. The van der Waals surface area contributed by atoms with Gasteiger partial charge in [0.2, 0.25) is 0 Å². The molecule has 4 heteroatoms. The highest BCUT2D eigenvalue weighted by Crippen LogP contribution is 2.24. The van der Waals surface area contributed by atoms with Gasteiger partial charge in [0.05, 0.1) is 0 Å². The van der Waals surface area contributed by atoms with Gasteiger partial charge in [-0.05, 0) is 26.2 Å². The number of piperidine rings is 1. The lowest BCUT2D eigenvalue weighted by molar-refractivity contribution is 0.572. The zero-order valence-corrected chi connectivity index (χ0v) is 9.09. The predicted octanol–water partition coefficient (Wildman–Crippen LogP) is 2.43. The predicted molar refractivity (Wildman–Crippen MR) is 57.8 cm³/mol. The summed E-state index contributed by atoms with van der Waals surface area (Å²) in [7, 11) is 0. The zero-order valence-electron chi connectivity index (χ0n) is 8.33. The van der Waals surface area contributed by atoms with E-state index in [4.69, 9.17) is 11.6 Å². The van der Waals surface area contributed by atoms with Gasteiger partial charge < -0.3 is 4.90 Å². The van der Waals surface area contributed by atoms with Gasteiger partial charge in [-0.25, -0.2) is 9.97 Å². The van der Waals surface area contributed by atoms with Crippen molar-refractivity contribution < 1.29 is 0 Å². The van der Waals surface area contributed by atoms with Crippen molar-refractivity contribution in [2.45, 2.75) is 26.2 Å². The van der Waals surface area contributed by atoms with E-state index in [-0.39, 0.29) is 0 Å². The van der Waals surface area contributed by atoms with Gasteiger partial charge in [-0.2, -0.15) is 0 Å². The zero-order chi connectivity index (χ0) is 9.97. The summed E-state index contributed by atoms with van der Waals surface area (Å²) in [5.41, 5.74) is 0.996. The topological polar surface area (TPSA) is 29.0 Å². The smallest absolute Gasteiger partial charge is 0.137 e. The molecule has 1 aliphatic heterocycles. The highest BCUT2D eigenvalue weighted by Gasteiger charge is 2.15. The van der Waals surface area contributed by atoms with Crippen LogP contribution < -0.4 is 4.90 Å². The molecule has 1 aromatic heterocycles. The van der Waals surface area contributed by atoms with Crippen LogP contribution in [0.25, 0.3) is 0 Å². The summed E-state index contributed by atoms with van der Waals surface area (Å²) in [6.45, 7) is 4.16. The van der Waals surface area contributed by atoms with E-state index >= 15 is 0 Å². The Morgan fingerprint density at radius 1 is 1.21 bits per heavy atom. The van der Waals surface area contributed by atoms with Crippen molar-refractivity contribution in [3.8, 4) is 0 Å². The number of hydrogen-bond donors (Lipinski definition) is 0. The number of halogens is 1. The van der Waals surface area contributed by atoms with Gasteiger partial charge in [0.15, 0.2) is 0 Å². The standard InChI is InChI=1S/C10H14ClN3/c1-8-9(11)12-7-13-10(8)14-5-3-2-4-6-14/h7H,2-6H2,1H3. The van der Waals surface area contributed by atoms with Crippen LogP contribution in [0.5, 0.6) is 0 Å².